The highest BCUT2D eigenvalue weighted by Gasteiger charge is 2.22. The minimum absolute atomic E-state index is 0.551. The fraction of sp³-hybridized carbons (Fsp3) is 0.583. The molecule has 15 heavy (non-hydrogen) atoms. The summed E-state index contributed by atoms with van der Waals surface area (Å²) in [5.74, 6) is 1.50. The van der Waals surface area contributed by atoms with Crippen molar-refractivity contribution in [3.05, 3.63) is 23.4 Å². The molecule has 1 aliphatic rings. The summed E-state index contributed by atoms with van der Waals surface area (Å²) in [7, 11) is 0. The zero-order valence-corrected chi connectivity index (χ0v) is 9.20. The van der Waals surface area contributed by atoms with E-state index in [0.717, 1.165) is 36.1 Å². The van der Waals surface area contributed by atoms with E-state index in [2.05, 4.69) is 11.9 Å². The monoisotopic (exact) mass is 206 g/mol. The Morgan fingerprint density at radius 1 is 1.47 bits per heavy atom. The molecule has 0 radical (unpaired) electrons. The third kappa shape index (κ3) is 2.93. The Labute approximate surface area is 90.7 Å². The number of hydrogen-bond acceptors (Lipinski definition) is 3. The lowest BCUT2D eigenvalue weighted by atomic mass is 10.2. The Kier molecular flexibility index (Phi) is 3.21. The van der Waals surface area contributed by atoms with Crippen LogP contribution in [0.1, 0.15) is 31.0 Å². The maximum absolute atomic E-state index is 5.65. The molecular formula is C12H18N2O. The van der Waals surface area contributed by atoms with Gasteiger partial charge in [-0.1, -0.05) is 6.92 Å². The summed E-state index contributed by atoms with van der Waals surface area (Å²) < 4.78 is 5.65. The highest BCUT2D eigenvalue weighted by Crippen LogP contribution is 2.29. The van der Waals surface area contributed by atoms with Crippen molar-refractivity contribution >= 4 is 0 Å². The molecule has 0 aromatic carbocycles. The van der Waals surface area contributed by atoms with Gasteiger partial charge in [0.25, 0.3) is 0 Å². The van der Waals surface area contributed by atoms with Crippen LogP contribution in [-0.4, -0.2) is 11.6 Å². The maximum atomic E-state index is 5.65. The summed E-state index contributed by atoms with van der Waals surface area (Å²) in [4.78, 5) is 4.42. The van der Waals surface area contributed by atoms with Crippen LogP contribution in [0.3, 0.4) is 0 Å². The largest absolute Gasteiger partial charge is 0.477 e. The number of aryl methyl sites for hydroxylation is 1. The first-order chi connectivity index (χ1) is 7.31. The van der Waals surface area contributed by atoms with E-state index in [1.807, 2.05) is 12.1 Å². The van der Waals surface area contributed by atoms with Gasteiger partial charge in [-0.15, -0.1) is 0 Å². The van der Waals surface area contributed by atoms with Crippen molar-refractivity contribution in [3.63, 3.8) is 0 Å². The summed E-state index contributed by atoms with van der Waals surface area (Å²) in [5, 5.41) is 0. The van der Waals surface area contributed by atoms with Gasteiger partial charge in [0.15, 0.2) is 0 Å². The Hall–Kier alpha value is -1.09. The second-order valence-corrected chi connectivity index (χ2v) is 4.12. The van der Waals surface area contributed by atoms with Gasteiger partial charge in [0.1, 0.15) is 0 Å². The summed E-state index contributed by atoms with van der Waals surface area (Å²) in [6, 6.07) is 3.99. The lowest BCUT2D eigenvalue weighted by molar-refractivity contribution is 0.287. The van der Waals surface area contributed by atoms with Gasteiger partial charge in [0.2, 0.25) is 5.88 Å². The van der Waals surface area contributed by atoms with Crippen LogP contribution in [0.2, 0.25) is 0 Å². The summed E-state index contributed by atoms with van der Waals surface area (Å²) >= 11 is 0. The van der Waals surface area contributed by atoms with Gasteiger partial charge in [-0.25, -0.2) is 4.98 Å². The van der Waals surface area contributed by atoms with E-state index in [4.69, 9.17) is 10.5 Å². The van der Waals surface area contributed by atoms with E-state index in [-0.39, 0.29) is 0 Å². The van der Waals surface area contributed by atoms with Gasteiger partial charge < -0.3 is 10.5 Å². The number of pyridine rings is 1. The third-order valence-corrected chi connectivity index (χ3v) is 2.68. The molecule has 1 aliphatic carbocycles. The van der Waals surface area contributed by atoms with Crippen molar-refractivity contribution in [2.75, 3.05) is 6.61 Å². The molecule has 1 fully saturated rings. The molecule has 0 aliphatic heterocycles. The molecule has 0 atom stereocenters. The van der Waals surface area contributed by atoms with Crippen LogP contribution in [0.5, 0.6) is 5.88 Å². The minimum Gasteiger partial charge on any atom is -0.477 e. The van der Waals surface area contributed by atoms with Crippen molar-refractivity contribution in [1.29, 1.82) is 0 Å². The van der Waals surface area contributed by atoms with Gasteiger partial charge in [-0.2, -0.15) is 0 Å². The average molecular weight is 206 g/mol. The lowest BCUT2D eigenvalue weighted by Crippen LogP contribution is -2.05. The molecule has 0 amide bonds. The highest BCUT2D eigenvalue weighted by atomic mass is 16.5. The van der Waals surface area contributed by atoms with Gasteiger partial charge in [0.05, 0.1) is 6.61 Å². The molecule has 2 N–H and O–H groups in total. The molecule has 0 saturated heterocycles. The average Bonchev–Trinajstić information content (AvgIpc) is 3.09. The quantitative estimate of drug-likeness (QED) is 0.800. The van der Waals surface area contributed by atoms with Crippen LogP contribution in [0.25, 0.3) is 0 Å². The first-order valence-electron chi connectivity index (χ1n) is 5.64. The Bertz CT molecular complexity index is 312. The van der Waals surface area contributed by atoms with E-state index in [1.54, 1.807) is 0 Å². The molecule has 0 unspecified atom stereocenters. The molecule has 2 rings (SSSR count). The number of ether oxygens (including phenoxy) is 1. The predicted octanol–water partition coefficient (Wildman–Crippen LogP) is 1.89. The number of nitrogens with zero attached hydrogens (tertiary/aromatic N) is 1. The SMILES string of the molecule is CCc1cc(CN)cc(OCC2CC2)n1. The van der Waals surface area contributed by atoms with Gasteiger partial charge in [0, 0.05) is 18.3 Å². The molecule has 0 spiro atoms. The Morgan fingerprint density at radius 3 is 2.87 bits per heavy atom. The van der Waals surface area contributed by atoms with Gasteiger partial charge in [-0.05, 0) is 36.8 Å². The molecule has 1 heterocycles. The van der Waals surface area contributed by atoms with Crippen LogP contribution < -0.4 is 10.5 Å². The smallest absolute Gasteiger partial charge is 0.213 e. The Morgan fingerprint density at radius 2 is 2.27 bits per heavy atom. The van der Waals surface area contributed by atoms with Crippen molar-refractivity contribution in [1.82, 2.24) is 4.98 Å². The molecular weight excluding hydrogens is 188 g/mol. The van der Waals surface area contributed by atoms with Crippen LogP contribution in [0.4, 0.5) is 0 Å². The first-order valence-corrected chi connectivity index (χ1v) is 5.64. The molecule has 3 heteroatoms. The lowest BCUT2D eigenvalue weighted by Gasteiger charge is -2.08. The molecule has 1 saturated carbocycles. The van der Waals surface area contributed by atoms with Crippen molar-refractivity contribution < 1.29 is 4.74 Å². The molecule has 82 valence electrons. The van der Waals surface area contributed by atoms with Crippen LogP contribution in [0.15, 0.2) is 12.1 Å². The first kappa shape index (κ1) is 10.4. The minimum atomic E-state index is 0.551. The standard InChI is InChI=1S/C12H18N2O/c1-2-11-5-10(7-13)6-12(14-11)15-8-9-3-4-9/h5-6,9H,2-4,7-8,13H2,1H3. The van der Waals surface area contributed by atoms with E-state index in [0.29, 0.717) is 6.54 Å². The topological polar surface area (TPSA) is 48.1 Å². The fourth-order valence-electron chi connectivity index (χ4n) is 1.48. The Balaban J connectivity index is 2.06. The fourth-order valence-corrected chi connectivity index (χ4v) is 1.48. The highest BCUT2D eigenvalue weighted by molar-refractivity contribution is 5.25. The summed E-state index contributed by atoms with van der Waals surface area (Å²) in [5.41, 5.74) is 7.79. The van der Waals surface area contributed by atoms with Crippen LogP contribution >= 0.6 is 0 Å². The van der Waals surface area contributed by atoms with E-state index < -0.39 is 0 Å². The van der Waals surface area contributed by atoms with Crippen molar-refractivity contribution in [3.8, 4) is 5.88 Å². The van der Waals surface area contributed by atoms with Crippen LogP contribution in [-0.2, 0) is 13.0 Å². The predicted molar refractivity (Wildman–Crippen MR) is 59.7 cm³/mol. The van der Waals surface area contributed by atoms with Crippen molar-refractivity contribution in [2.45, 2.75) is 32.7 Å². The zero-order valence-electron chi connectivity index (χ0n) is 9.20. The summed E-state index contributed by atoms with van der Waals surface area (Å²) in [6.45, 7) is 3.45. The number of rotatable bonds is 5. The molecule has 3 nitrogen and oxygen atoms in total. The third-order valence-electron chi connectivity index (χ3n) is 2.68. The summed E-state index contributed by atoms with van der Waals surface area (Å²) in [6.07, 6.45) is 3.53. The van der Waals surface area contributed by atoms with E-state index >= 15 is 0 Å². The van der Waals surface area contributed by atoms with E-state index in [9.17, 15) is 0 Å². The second kappa shape index (κ2) is 4.62. The number of nitrogens with two attached hydrogens (primary N) is 1. The van der Waals surface area contributed by atoms with Gasteiger partial charge >= 0.3 is 0 Å². The molecule has 1 aromatic heterocycles. The molecule has 0 bridgehead atoms. The number of hydrogen-bond donors (Lipinski definition) is 1. The second-order valence-electron chi connectivity index (χ2n) is 4.12. The zero-order chi connectivity index (χ0) is 10.7. The maximum Gasteiger partial charge on any atom is 0.213 e. The molecule has 1 aromatic rings. The van der Waals surface area contributed by atoms with Crippen LogP contribution in [0, 0.1) is 5.92 Å². The van der Waals surface area contributed by atoms with Crippen molar-refractivity contribution in [2.24, 2.45) is 11.7 Å². The normalized spacial score (nSPS) is 15.3. The van der Waals surface area contributed by atoms with E-state index in [1.165, 1.54) is 12.8 Å². The van der Waals surface area contributed by atoms with Gasteiger partial charge in [-0.3, -0.25) is 0 Å². The number of aromatic nitrogens is 1.